The molecular formula is C13H17NO. The van der Waals surface area contributed by atoms with Gasteiger partial charge in [0.2, 0.25) is 0 Å². The Kier molecular flexibility index (Phi) is 2.12. The summed E-state index contributed by atoms with van der Waals surface area (Å²) < 4.78 is 2.08. The molecule has 0 bridgehead atoms. The zero-order chi connectivity index (χ0) is 11.2. The molecule has 0 amide bonds. The maximum atomic E-state index is 10.1. The highest BCUT2D eigenvalue weighted by molar-refractivity contribution is 5.87. The van der Waals surface area contributed by atoms with Crippen molar-refractivity contribution < 1.29 is 5.11 Å². The number of para-hydroxylation sites is 1. The van der Waals surface area contributed by atoms with E-state index in [-0.39, 0.29) is 0 Å². The fourth-order valence-electron chi connectivity index (χ4n) is 2.16. The van der Waals surface area contributed by atoms with Crippen molar-refractivity contribution in [3.05, 3.63) is 35.5 Å². The summed E-state index contributed by atoms with van der Waals surface area (Å²) >= 11 is 0. The van der Waals surface area contributed by atoms with Gasteiger partial charge in [-0.2, -0.15) is 0 Å². The van der Waals surface area contributed by atoms with E-state index in [4.69, 9.17) is 0 Å². The van der Waals surface area contributed by atoms with Gasteiger partial charge in [0.15, 0.2) is 0 Å². The number of nitrogens with zero attached hydrogens (tertiary/aromatic N) is 1. The van der Waals surface area contributed by atoms with Gasteiger partial charge >= 0.3 is 0 Å². The molecule has 1 aromatic heterocycles. The van der Waals surface area contributed by atoms with Crippen LogP contribution in [0.4, 0.5) is 0 Å². The number of hydrogen-bond acceptors (Lipinski definition) is 1. The minimum Gasteiger partial charge on any atom is -0.386 e. The third kappa shape index (κ3) is 1.55. The van der Waals surface area contributed by atoms with E-state index >= 15 is 0 Å². The molecule has 80 valence electrons. The summed E-state index contributed by atoms with van der Waals surface area (Å²) in [5.41, 5.74) is 2.56. The Labute approximate surface area is 90.2 Å². The molecule has 2 heteroatoms. The van der Waals surface area contributed by atoms with Crippen molar-refractivity contribution in [2.45, 2.75) is 26.4 Å². The SMILES string of the molecule is Cc1cn(C)c2c(C(C)(C)O)cccc12. The predicted molar refractivity (Wildman–Crippen MR) is 62.9 cm³/mol. The summed E-state index contributed by atoms with van der Waals surface area (Å²) in [4.78, 5) is 0. The van der Waals surface area contributed by atoms with Crippen molar-refractivity contribution in [3.63, 3.8) is 0 Å². The first-order valence-corrected chi connectivity index (χ1v) is 5.19. The van der Waals surface area contributed by atoms with Crippen LogP contribution < -0.4 is 0 Å². The van der Waals surface area contributed by atoms with Gasteiger partial charge in [-0.3, -0.25) is 0 Å². The molecule has 0 unspecified atom stereocenters. The summed E-state index contributed by atoms with van der Waals surface area (Å²) in [6.45, 7) is 5.74. The van der Waals surface area contributed by atoms with Crippen LogP contribution in [0.25, 0.3) is 10.9 Å². The van der Waals surface area contributed by atoms with Crippen molar-refractivity contribution in [1.29, 1.82) is 0 Å². The lowest BCUT2D eigenvalue weighted by Crippen LogP contribution is -2.16. The highest BCUT2D eigenvalue weighted by Gasteiger charge is 2.20. The van der Waals surface area contributed by atoms with Gasteiger partial charge in [-0.25, -0.2) is 0 Å². The number of aliphatic hydroxyl groups is 1. The van der Waals surface area contributed by atoms with E-state index in [1.807, 2.05) is 33.0 Å². The van der Waals surface area contributed by atoms with Gasteiger partial charge in [-0.1, -0.05) is 18.2 Å². The van der Waals surface area contributed by atoms with Crippen molar-refractivity contribution in [2.75, 3.05) is 0 Å². The molecule has 2 nitrogen and oxygen atoms in total. The second kappa shape index (κ2) is 3.11. The predicted octanol–water partition coefficient (Wildman–Crippen LogP) is 2.71. The lowest BCUT2D eigenvalue weighted by Gasteiger charge is -2.19. The minimum absolute atomic E-state index is 0.794. The lowest BCUT2D eigenvalue weighted by molar-refractivity contribution is 0.0798. The van der Waals surface area contributed by atoms with Crippen LogP contribution in [0, 0.1) is 6.92 Å². The lowest BCUT2D eigenvalue weighted by atomic mass is 9.95. The second-order valence-electron chi connectivity index (χ2n) is 4.68. The summed E-state index contributed by atoms with van der Waals surface area (Å²) in [5, 5.41) is 11.3. The largest absolute Gasteiger partial charge is 0.386 e. The summed E-state index contributed by atoms with van der Waals surface area (Å²) in [7, 11) is 2.02. The van der Waals surface area contributed by atoms with Gasteiger partial charge in [0.25, 0.3) is 0 Å². The zero-order valence-corrected chi connectivity index (χ0v) is 9.70. The van der Waals surface area contributed by atoms with E-state index < -0.39 is 5.60 Å². The Morgan fingerprint density at radius 1 is 1.27 bits per heavy atom. The molecule has 0 atom stereocenters. The normalized spacial score (nSPS) is 12.3. The molecule has 2 aromatic rings. The molecule has 1 aromatic carbocycles. The smallest absolute Gasteiger partial charge is 0.0860 e. The maximum Gasteiger partial charge on any atom is 0.0860 e. The summed E-state index contributed by atoms with van der Waals surface area (Å²) in [5.74, 6) is 0. The van der Waals surface area contributed by atoms with Crippen molar-refractivity contribution in [3.8, 4) is 0 Å². The number of hydrogen-bond donors (Lipinski definition) is 1. The van der Waals surface area contributed by atoms with E-state index in [2.05, 4.69) is 23.8 Å². The number of benzene rings is 1. The Balaban J connectivity index is 2.87. The Morgan fingerprint density at radius 3 is 2.53 bits per heavy atom. The summed E-state index contributed by atoms with van der Waals surface area (Å²) in [6, 6.07) is 6.09. The molecular weight excluding hydrogens is 186 g/mol. The average Bonchev–Trinajstić information content (AvgIpc) is 2.41. The zero-order valence-electron chi connectivity index (χ0n) is 9.70. The van der Waals surface area contributed by atoms with Crippen LogP contribution in [0.15, 0.2) is 24.4 Å². The van der Waals surface area contributed by atoms with Gasteiger partial charge in [0.05, 0.1) is 11.1 Å². The molecule has 1 heterocycles. The Morgan fingerprint density at radius 2 is 1.93 bits per heavy atom. The molecule has 15 heavy (non-hydrogen) atoms. The van der Waals surface area contributed by atoms with Gasteiger partial charge in [-0.05, 0) is 26.3 Å². The third-order valence-electron chi connectivity index (χ3n) is 2.86. The molecule has 0 aliphatic heterocycles. The van der Waals surface area contributed by atoms with E-state index in [0.29, 0.717) is 0 Å². The van der Waals surface area contributed by atoms with E-state index in [9.17, 15) is 5.11 Å². The van der Waals surface area contributed by atoms with E-state index in [0.717, 1.165) is 11.1 Å². The van der Waals surface area contributed by atoms with E-state index in [1.165, 1.54) is 10.9 Å². The van der Waals surface area contributed by atoms with Crippen LogP contribution >= 0.6 is 0 Å². The maximum absolute atomic E-state index is 10.1. The van der Waals surface area contributed by atoms with Gasteiger partial charge in [0, 0.05) is 24.2 Å². The number of fused-ring (bicyclic) bond motifs is 1. The average molecular weight is 203 g/mol. The molecule has 0 aliphatic carbocycles. The molecule has 0 saturated carbocycles. The summed E-state index contributed by atoms with van der Waals surface area (Å²) in [6.07, 6.45) is 2.10. The number of aryl methyl sites for hydroxylation is 2. The fraction of sp³-hybridized carbons (Fsp3) is 0.385. The fourth-order valence-corrected chi connectivity index (χ4v) is 2.16. The molecule has 1 N–H and O–H groups in total. The highest BCUT2D eigenvalue weighted by atomic mass is 16.3. The molecule has 0 spiro atoms. The Hall–Kier alpha value is -1.28. The first-order valence-electron chi connectivity index (χ1n) is 5.19. The molecule has 0 fully saturated rings. The van der Waals surface area contributed by atoms with Gasteiger partial charge < -0.3 is 9.67 Å². The van der Waals surface area contributed by atoms with Crippen LogP contribution in [0.5, 0.6) is 0 Å². The first-order chi connectivity index (χ1) is 6.91. The quantitative estimate of drug-likeness (QED) is 0.757. The van der Waals surface area contributed by atoms with Crippen LogP contribution in [-0.4, -0.2) is 9.67 Å². The van der Waals surface area contributed by atoms with Crippen molar-refractivity contribution in [2.24, 2.45) is 7.05 Å². The van der Waals surface area contributed by atoms with Gasteiger partial charge in [0.1, 0.15) is 0 Å². The molecule has 0 saturated heterocycles. The number of aromatic nitrogens is 1. The topological polar surface area (TPSA) is 25.2 Å². The minimum atomic E-state index is -0.794. The van der Waals surface area contributed by atoms with Crippen LogP contribution in [-0.2, 0) is 12.6 Å². The van der Waals surface area contributed by atoms with Crippen molar-refractivity contribution >= 4 is 10.9 Å². The highest BCUT2D eigenvalue weighted by Crippen LogP contribution is 2.30. The molecule has 0 aliphatic rings. The second-order valence-corrected chi connectivity index (χ2v) is 4.68. The molecule has 2 rings (SSSR count). The number of rotatable bonds is 1. The van der Waals surface area contributed by atoms with Crippen molar-refractivity contribution in [1.82, 2.24) is 4.57 Å². The molecule has 0 radical (unpaired) electrons. The van der Waals surface area contributed by atoms with E-state index in [1.54, 1.807) is 0 Å². The third-order valence-corrected chi connectivity index (χ3v) is 2.86. The first kappa shape index (κ1) is 10.2. The Bertz CT molecular complexity index is 503. The van der Waals surface area contributed by atoms with Crippen LogP contribution in [0.3, 0.4) is 0 Å². The van der Waals surface area contributed by atoms with Gasteiger partial charge in [-0.15, -0.1) is 0 Å². The standard InChI is InChI=1S/C13H17NO/c1-9-8-14(4)12-10(9)6-5-7-11(12)13(2,3)15/h5-8,15H,1-4H3. The van der Waals surface area contributed by atoms with Crippen LogP contribution in [0.1, 0.15) is 25.0 Å². The van der Waals surface area contributed by atoms with Crippen LogP contribution in [0.2, 0.25) is 0 Å². The monoisotopic (exact) mass is 203 g/mol.